The van der Waals surface area contributed by atoms with Crippen LogP contribution in [-0.4, -0.2) is 12.5 Å². The quantitative estimate of drug-likeness (QED) is 0.815. The van der Waals surface area contributed by atoms with Gasteiger partial charge in [0.05, 0.1) is 6.61 Å². The minimum atomic E-state index is -0.0725. The van der Waals surface area contributed by atoms with Crippen molar-refractivity contribution < 1.29 is 9.63 Å². The number of carbonyl (C=O) groups is 1. The van der Waals surface area contributed by atoms with E-state index in [2.05, 4.69) is 50.5 Å². The van der Waals surface area contributed by atoms with Gasteiger partial charge in [0, 0.05) is 6.42 Å². The summed E-state index contributed by atoms with van der Waals surface area (Å²) in [5.41, 5.74) is 5.06. The van der Waals surface area contributed by atoms with Crippen molar-refractivity contribution in [2.75, 3.05) is 6.61 Å². The summed E-state index contributed by atoms with van der Waals surface area (Å²) in [5, 5.41) is 0. The summed E-state index contributed by atoms with van der Waals surface area (Å²) in [6, 6.07) is 8.45. The summed E-state index contributed by atoms with van der Waals surface area (Å²) in [6.07, 6.45) is 1.19. The van der Waals surface area contributed by atoms with Gasteiger partial charge in [0.15, 0.2) is 0 Å². The lowest BCUT2D eigenvalue weighted by atomic mass is 9.86. The number of rotatable bonds is 5. The van der Waals surface area contributed by atoms with Gasteiger partial charge in [-0.1, -0.05) is 45.0 Å². The van der Waals surface area contributed by atoms with Gasteiger partial charge in [0.2, 0.25) is 5.91 Å². The van der Waals surface area contributed by atoms with Crippen molar-refractivity contribution >= 4 is 5.91 Å². The Morgan fingerprint density at radius 2 is 1.83 bits per heavy atom. The number of benzene rings is 1. The second-order valence-corrected chi connectivity index (χ2v) is 5.41. The van der Waals surface area contributed by atoms with E-state index >= 15 is 0 Å². The van der Waals surface area contributed by atoms with E-state index in [9.17, 15) is 4.79 Å². The SMILES string of the molecule is CCONC(=O)CCc1ccc(C(C)(C)C)cc1. The molecule has 0 saturated carbocycles. The molecule has 0 aromatic heterocycles. The van der Waals surface area contributed by atoms with E-state index in [0.29, 0.717) is 13.0 Å². The molecule has 1 aromatic carbocycles. The predicted molar refractivity (Wildman–Crippen MR) is 73.2 cm³/mol. The zero-order valence-corrected chi connectivity index (χ0v) is 11.7. The normalized spacial score (nSPS) is 11.3. The van der Waals surface area contributed by atoms with Crippen LogP contribution in [0, 0.1) is 0 Å². The maximum Gasteiger partial charge on any atom is 0.243 e. The first-order chi connectivity index (χ1) is 8.43. The van der Waals surface area contributed by atoms with Gasteiger partial charge in [0.25, 0.3) is 0 Å². The molecule has 100 valence electrons. The molecule has 1 aromatic rings. The van der Waals surface area contributed by atoms with Gasteiger partial charge < -0.3 is 0 Å². The summed E-state index contributed by atoms with van der Waals surface area (Å²) in [5.74, 6) is -0.0725. The van der Waals surface area contributed by atoms with Crippen LogP contribution in [0.2, 0.25) is 0 Å². The van der Waals surface area contributed by atoms with Crippen molar-refractivity contribution in [1.82, 2.24) is 5.48 Å². The third kappa shape index (κ3) is 4.88. The Kier molecular flexibility index (Phi) is 5.35. The van der Waals surface area contributed by atoms with Crippen molar-refractivity contribution in [3.05, 3.63) is 35.4 Å². The Labute approximate surface area is 109 Å². The summed E-state index contributed by atoms with van der Waals surface area (Å²) in [4.78, 5) is 16.2. The van der Waals surface area contributed by atoms with Crippen LogP contribution in [0.3, 0.4) is 0 Å². The van der Waals surface area contributed by atoms with E-state index in [1.165, 1.54) is 11.1 Å². The van der Waals surface area contributed by atoms with Gasteiger partial charge in [-0.15, -0.1) is 0 Å². The molecule has 0 spiro atoms. The number of aryl methyl sites for hydroxylation is 1. The molecule has 0 aliphatic carbocycles. The predicted octanol–water partition coefficient (Wildman–Crippen LogP) is 2.98. The van der Waals surface area contributed by atoms with E-state index in [0.717, 1.165) is 6.42 Å². The Balaban J connectivity index is 2.47. The molecule has 0 bridgehead atoms. The Morgan fingerprint density at radius 3 is 2.33 bits per heavy atom. The molecule has 0 saturated heterocycles. The first kappa shape index (κ1) is 14.7. The molecule has 0 aliphatic rings. The molecule has 1 N–H and O–H groups in total. The highest BCUT2D eigenvalue weighted by Crippen LogP contribution is 2.22. The fourth-order valence-corrected chi connectivity index (χ4v) is 1.63. The van der Waals surface area contributed by atoms with Crippen LogP contribution >= 0.6 is 0 Å². The molecule has 3 nitrogen and oxygen atoms in total. The average molecular weight is 249 g/mol. The van der Waals surface area contributed by atoms with E-state index in [-0.39, 0.29) is 11.3 Å². The minimum absolute atomic E-state index is 0.0725. The summed E-state index contributed by atoms with van der Waals surface area (Å²) in [7, 11) is 0. The molecule has 0 radical (unpaired) electrons. The highest BCUT2D eigenvalue weighted by Gasteiger charge is 2.12. The van der Waals surface area contributed by atoms with Crippen molar-refractivity contribution in [3.63, 3.8) is 0 Å². The lowest BCUT2D eigenvalue weighted by molar-refractivity contribution is -0.133. The van der Waals surface area contributed by atoms with Gasteiger partial charge >= 0.3 is 0 Å². The second-order valence-electron chi connectivity index (χ2n) is 5.41. The molecule has 0 unspecified atom stereocenters. The largest absolute Gasteiger partial charge is 0.274 e. The Morgan fingerprint density at radius 1 is 1.22 bits per heavy atom. The van der Waals surface area contributed by atoms with Crippen molar-refractivity contribution in [2.45, 2.75) is 46.0 Å². The van der Waals surface area contributed by atoms with Crippen molar-refractivity contribution in [3.8, 4) is 0 Å². The summed E-state index contributed by atoms with van der Waals surface area (Å²) in [6.45, 7) is 8.91. The number of hydrogen-bond donors (Lipinski definition) is 1. The number of nitrogens with one attached hydrogen (secondary N) is 1. The lowest BCUT2D eigenvalue weighted by Crippen LogP contribution is -2.23. The van der Waals surface area contributed by atoms with Crippen LogP contribution < -0.4 is 5.48 Å². The van der Waals surface area contributed by atoms with Crippen LogP contribution in [0.4, 0.5) is 0 Å². The first-order valence-electron chi connectivity index (χ1n) is 6.43. The highest BCUT2D eigenvalue weighted by atomic mass is 16.6. The number of hydroxylamine groups is 1. The van der Waals surface area contributed by atoms with Gasteiger partial charge in [-0.3, -0.25) is 9.63 Å². The lowest BCUT2D eigenvalue weighted by Gasteiger charge is -2.19. The van der Waals surface area contributed by atoms with Crippen LogP contribution in [0.15, 0.2) is 24.3 Å². The van der Waals surface area contributed by atoms with Crippen molar-refractivity contribution in [1.29, 1.82) is 0 Å². The molecule has 1 rings (SSSR count). The third-order valence-corrected chi connectivity index (χ3v) is 2.79. The molecule has 0 aliphatic heterocycles. The molecule has 3 heteroatoms. The van der Waals surface area contributed by atoms with E-state index in [1.54, 1.807) is 0 Å². The maximum atomic E-state index is 11.4. The third-order valence-electron chi connectivity index (χ3n) is 2.79. The fraction of sp³-hybridized carbons (Fsp3) is 0.533. The molecule has 18 heavy (non-hydrogen) atoms. The van der Waals surface area contributed by atoms with Gasteiger partial charge in [-0.2, -0.15) is 0 Å². The van der Waals surface area contributed by atoms with Gasteiger partial charge in [-0.05, 0) is 29.9 Å². The molecule has 0 atom stereocenters. The Bertz CT molecular complexity index is 376. The van der Waals surface area contributed by atoms with Crippen molar-refractivity contribution in [2.24, 2.45) is 0 Å². The minimum Gasteiger partial charge on any atom is -0.274 e. The average Bonchev–Trinajstić information content (AvgIpc) is 2.33. The fourth-order valence-electron chi connectivity index (χ4n) is 1.63. The van der Waals surface area contributed by atoms with E-state index < -0.39 is 0 Å². The monoisotopic (exact) mass is 249 g/mol. The van der Waals surface area contributed by atoms with Gasteiger partial charge in [0.1, 0.15) is 0 Å². The first-order valence-corrected chi connectivity index (χ1v) is 6.43. The molecule has 1 amide bonds. The molecule has 0 heterocycles. The molecular weight excluding hydrogens is 226 g/mol. The highest BCUT2D eigenvalue weighted by molar-refractivity contribution is 5.75. The standard InChI is InChI=1S/C15H23NO2/c1-5-18-16-14(17)11-8-12-6-9-13(10-7-12)15(2,3)4/h6-7,9-10H,5,8,11H2,1-4H3,(H,16,17). The van der Waals surface area contributed by atoms with E-state index in [4.69, 9.17) is 4.84 Å². The molecular formula is C15H23NO2. The number of hydrogen-bond acceptors (Lipinski definition) is 2. The smallest absolute Gasteiger partial charge is 0.243 e. The van der Waals surface area contributed by atoms with Crippen LogP contribution in [0.5, 0.6) is 0 Å². The molecule has 0 fully saturated rings. The topological polar surface area (TPSA) is 38.3 Å². The summed E-state index contributed by atoms with van der Waals surface area (Å²) >= 11 is 0. The zero-order valence-electron chi connectivity index (χ0n) is 11.7. The van der Waals surface area contributed by atoms with E-state index in [1.807, 2.05) is 6.92 Å². The Hall–Kier alpha value is -1.35. The van der Waals surface area contributed by atoms with Crippen LogP contribution in [0.25, 0.3) is 0 Å². The zero-order chi connectivity index (χ0) is 13.6. The van der Waals surface area contributed by atoms with Crippen LogP contribution in [-0.2, 0) is 21.5 Å². The van der Waals surface area contributed by atoms with Crippen LogP contribution in [0.1, 0.15) is 45.2 Å². The number of amides is 1. The number of carbonyl (C=O) groups excluding carboxylic acids is 1. The second kappa shape index (κ2) is 6.55. The van der Waals surface area contributed by atoms with Gasteiger partial charge in [-0.25, -0.2) is 5.48 Å². The summed E-state index contributed by atoms with van der Waals surface area (Å²) < 4.78 is 0. The maximum absolute atomic E-state index is 11.4.